The van der Waals surface area contributed by atoms with Crippen LogP contribution in [0.3, 0.4) is 0 Å². The Morgan fingerprint density at radius 2 is 1.76 bits per heavy atom. The highest BCUT2D eigenvalue weighted by Gasteiger charge is 2.53. The van der Waals surface area contributed by atoms with Crippen molar-refractivity contribution < 1.29 is 43.9 Å². The molecule has 3 N–H and O–H groups in total. The third-order valence-corrected chi connectivity index (χ3v) is 5.71. The highest BCUT2D eigenvalue weighted by molar-refractivity contribution is 5.97. The number of esters is 2. The number of ether oxygens (including phenoxy) is 3. The number of rotatable bonds is 7. The lowest BCUT2D eigenvalue weighted by Crippen LogP contribution is -2.57. The molecule has 4 atom stereocenters. The van der Waals surface area contributed by atoms with Gasteiger partial charge in [-0.25, -0.2) is 9.59 Å². The summed E-state index contributed by atoms with van der Waals surface area (Å²) >= 11 is 0. The molecule has 0 heterocycles. The number of aromatic hydroxyl groups is 1. The molecule has 0 saturated heterocycles. The summed E-state index contributed by atoms with van der Waals surface area (Å²) in [6.07, 6.45) is -1.04. The maximum absolute atomic E-state index is 13.1. The van der Waals surface area contributed by atoms with Gasteiger partial charge in [-0.05, 0) is 35.9 Å². The summed E-state index contributed by atoms with van der Waals surface area (Å²) in [4.78, 5) is 37.9. The Balaban J connectivity index is 1.89. The van der Waals surface area contributed by atoms with Crippen LogP contribution in [-0.4, -0.2) is 65.1 Å². The second-order valence-electron chi connectivity index (χ2n) is 8.01. The highest BCUT2D eigenvalue weighted by Crippen LogP contribution is 2.37. The zero-order valence-corrected chi connectivity index (χ0v) is 18.7. The molecule has 34 heavy (non-hydrogen) atoms. The van der Waals surface area contributed by atoms with E-state index in [9.17, 15) is 29.7 Å². The fraction of sp³-hybridized carbons (Fsp3) is 0.320. The number of hydrogen-bond donors (Lipinski definition) is 3. The first-order valence-electron chi connectivity index (χ1n) is 10.5. The lowest BCUT2D eigenvalue weighted by atomic mass is 9.72. The van der Waals surface area contributed by atoms with E-state index in [1.54, 1.807) is 24.3 Å². The molecule has 2 aromatic rings. The Kier molecular flexibility index (Phi) is 7.70. The molecule has 1 saturated carbocycles. The zero-order chi connectivity index (χ0) is 24.9. The van der Waals surface area contributed by atoms with E-state index in [0.717, 1.165) is 7.11 Å². The van der Waals surface area contributed by atoms with Crippen LogP contribution in [-0.2, 0) is 19.1 Å². The van der Waals surface area contributed by atoms with Gasteiger partial charge in [-0.3, -0.25) is 4.79 Å². The number of ketones is 1. The molecule has 1 aliphatic carbocycles. The number of carbonyl (C=O) groups is 3. The van der Waals surface area contributed by atoms with Crippen molar-refractivity contribution in [2.45, 2.75) is 30.7 Å². The van der Waals surface area contributed by atoms with E-state index < -0.39 is 54.3 Å². The predicted molar refractivity (Wildman–Crippen MR) is 120 cm³/mol. The fourth-order valence-corrected chi connectivity index (χ4v) is 3.94. The van der Waals surface area contributed by atoms with Crippen LogP contribution in [0.2, 0.25) is 0 Å². The Morgan fingerprint density at radius 3 is 2.41 bits per heavy atom. The van der Waals surface area contributed by atoms with Gasteiger partial charge in [-0.2, -0.15) is 0 Å². The fourth-order valence-electron chi connectivity index (χ4n) is 3.94. The number of aliphatic hydroxyl groups excluding tert-OH is 1. The van der Waals surface area contributed by atoms with Crippen molar-refractivity contribution in [3.05, 3.63) is 65.7 Å². The van der Waals surface area contributed by atoms with E-state index in [-0.39, 0.29) is 17.1 Å². The van der Waals surface area contributed by atoms with Crippen molar-refractivity contribution >= 4 is 23.8 Å². The van der Waals surface area contributed by atoms with Crippen molar-refractivity contribution in [3.8, 4) is 11.5 Å². The second kappa shape index (κ2) is 10.5. The molecular weight excluding hydrogens is 444 g/mol. The van der Waals surface area contributed by atoms with E-state index >= 15 is 0 Å². The number of hydrogen-bond acceptors (Lipinski definition) is 9. The minimum atomic E-state index is -2.13. The van der Waals surface area contributed by atoms with Crippen LogP contribution in [0.1, 0.15) is 28.8 Å². The quantitative estimate of drug-likeness (QED) is 0.409. The van der Waals surface area contributed by atoms with Gasteiger partial charge in [0.05, 0.1) is 31.8 Å². The monoisotopic (exact) mass is 470 g/mol. The van der Waals surface area contributed by atoms with Gasteiger partial charge in [0.15, 0.2) is 22.9 Å². The van der Waals surface area contributed by atoms with Gasteiger partial charge in [0.2, 0.25) is 0 Å². The average Bonchev–Trinajstić information content (AvgIpc) is 2.84. The smallest absolute Gasteiger partial charge is 0.338 e. The van der Waals surface area contributed by atoms with Crippen molar-refractivity contribution in [2.24, 2.45) is 5.92 Å². The lowest BCUT2D eigenvalue weighted by Gasteiger charge is -2.41. The van der Waals surface area contributed by atoms with Gasteiger partial charge < -0.3 is 29.5 Å². The molecule has 0 aromatic heterocycles. The Hall–Kier alpha value is -3.69. The van der Waals surface area contributed by atoms with Gasteiger partial charge in [0, 0.05) is 12.8 Å². The van der Waals surface area contributed by atoms with Crippen molar-refractivity contribution in [3.63, 3.8) is 0 Å². The van der Waals surface area contributed by atoms with Crippen LogP contribution in [0.4, 0.5) is 0 Å². The summed E-state index contributed by atoms with van der Waals surface area (Å²) in [5.74, 6) is -3.42. The van der Waals surface area contributed by atoms with Crippen LogP contribution in [0.25, 0.3) is 6.08 Å². The van der Waals surface area contributed by atoms with Gasteiger partial charge in [0.25, 0.3) is 0 Å². The maximum atomic E-state index is 13.1. The summed E-state index contributed by atoms with van der Waals surface area (Å²) in [6, 6.07) is 12.5. The number of phenols is 1. The summed E-state index contributed by atoms with van der Waals surface area (Å²) in [6.45, 7) is 0. The minimum absolute atomic E-state index is 0.0718. The number of phenolic OH excluding ortho intramolecular Hbond substituents is 1. The molecule has 0 unspecified atom stereocenters. The topological polar surface area (TPSA) is 140 Å². The number of carbonyl (C=O) groups excluding carboxylic acids is 3. The van der Waals surface area contributed by atoms with E-state index in [1.165, 1.54) is 43.5 Å². The number of methoxy groups -OCH3 is 2. The third-order valence-electron chi connectivity index (χ3n) is 5.71. The zero-order valence-electron chi connectivity index (χ0n) is 18.7. The Morgan fingerprint density at radius 1 is 1.06 bits per heavy atom. The standard InChI is InChI=1S/C25H26O9/c1-32-21-12-15(9-11-19(21)27)8-10-18(26)17-13-25(31,24(30)33-2)14-20(28)22(17)34-23(29)16-6-4-3-5-7-16/h3-12,17,20,22,27-28,31H,13-14H2,1-2H3/b10-8+/t17-,20+,22-,25+/m0/s1. The normalized spacial score (nSPS) is 24.4. The molecule has 0 aliphatic heterocycles. The first kappa shape index (κ1) is 24.9. The van der Waals surface area contributed by atoms with Crippen molar-refractivity contribution in [1.82, 2.24) is 0 Å². The molecular formula is C25H26O9. The Labute approximate surface area is 196 Å². The predicted octanol–water partition coefficient (Wildman–Crippen LogP) is 1.88. The molecule has 0 amide bonds. The van der Waals surface area contributed by atoms with E-state index in [0.29, 0.717) is 5.56 Å². The Bertz CT molecular complexity index is 1080. The van der Waals surface area contributed by atoms with Crippen LogP contribution in [0.5, 0.6) is 11.5 Å². The molecule has 9 nitrogen and oxygen atoms in total. The summed E-state index contributed by atoms with van der Waals surface area (Å²) in [5.41, 5.74) is -1.37. The first-order valence-corrected chi connectivity index (χ1v) is 10.5. The van der Waals surface area contributed by atoms with E-state index in [4.69, 9.17) is 9.47 Å². The number of benzene rings is 2. The molecule has 0 radical (unpaired) electrons. The van der Waals surface area contributed by atoms with E-state index in [2.05, 4.69) is 4.74 Å². The third kappa shape index (κ3) is 5.44. The molecule has 3 rings (SSSR count). The van der Waals surface area contributed by atoms with Gasteiger partial charge in [-0.1, -0.05) is 30.3 Å². The SMILES string of the molecule is COC(=O)[C@]1(O)C[C@@H](O)[C@@H](OC(=O)c2ccccc2)[C@H](C(=O)/C=C/c2ccc(O)c(OC)c2)C1. The second-order valence-corrected chi connectivity index (χ2v) is 8.01. The largest absolute Gasteiger partial charge is 0.504 e. The van der Waals surface area contributed by atoms with Gasteiger partial charge >= 0.3 is 11.9 Å². The van der Waals surface area contributed by atoms with Crippen LogP contribution < -0.4 is 4.74 Å². The van der Waals surface area contributed by atoms with Crippen molar-refractivity contribution in [2.75, 3.05) is 14.2 Å². The molecule has 1 fully saturated rings. The maximum Gasteiger partial charge on any atom is 0.338 e. The number of allylic oxidation sites excluding steroid dienone is 1. The van der Waals surface area contributed by atoms with Crippen LogP contribution in [0, 0.1) is 5.92 Å². The van der Waals surface area contributed by atoms with Crippen LogP contribution >= 0.6 is 0 Å². The molecule has 1 aliphatic rings. The van der Waals surface area contributed by atoms with E-state index in [1.807, 2.05) is 0 Å². The molecule has 180 valence electrons. The average molecular weight is 470 g/mol. The van der Waals surface area contributed by atoms with Crippen LogP contribution in [0.15, 0.2) is 54.6 Å². The number of aliphatic hydroxyl groups is 2. The van der Waals surface area contributed by atoms with Crippen molar-refractivity contribution in [1.29, 1.82) is 0 Å². The summed E-state index contributed by atoms with van der Waals surface area (Å²) < 4.78 is 15.2. The first-order chi connectivity index (χ1) is 16.2. The summed E-state index contributed by atoms with van der Waals surface area (Å²) in [5, 5.41) is 31.2. The summed E-state index contributed by atoms with van der Waals surface area (Å²) in [7, 11) is 2.47. The minimum Gasteiger partial charge on any atom is -0.504 e. The lowest BCUT2D eigenvalue weighted by molar-refractivity contribution is -0.182. The van der Waals surface area contributed by atoms with Gasteiger partial charge in [0.1, 0.15) is 6.10 Å². The molecule has 0 bridgehead atoms. The van der Waals surface area contributed by atoms with Gasteiger partial charge in [-0.15, -0.1) is 0 Å². The highest BCUT2D eigenvalue weighted by atomic mass is 16.6. The molecule has 0 spiro atoms. The molecule has 9 heteroatoms. The molecule has 2 aromatic carbocycles.